The Bertz CT molecular complexity index is 1890. The summed E-state index contributed by atoms with van der Waals surface area (Å²) in [6, 6.07) is 16.7. The number of non-ortho nitro benzene ring substituents is 4. The van der Waals surface area contributed by atoms with E-state index in [0.717, 1.165) is 7.11 Å². The van der Waals surface area contributed by atoms with E-state index < -0.39 is 36.5 Å². The highest BCUT2D eigenvalue weighted by molar-refractivity contribution is 5.99. The number of esters is 1. The van der Waals surface area contributed by atoms with Gasteiger partial charge in [0.25, 0.3) is 22.7 Å². The first-order chi connectivity index (χ1) is 21.3. The van der Waals surface area contributed by atoms with Gasteiger partial charge in [-0.05, 0) is 81.6 Å². The molecule has 0 fully saturated rings. The maximum absolute atomic E-state index is 14.0. The summed E-state index contributed by atoms with van der Waals surface area (Å²) in [4.78, 5) is 58.8. The molecule has 0 heterocycles. The second kappa shape index (κ2) is 10.0. The van der Waals surface area contributed by atoms with E-state index in [1.807, 2.05) is 0 Å². The molecule has 0 radical (unpaired) electrons. The number of rotatable bonds is 8. The van der Waals surface area contributed by atoms with E-state index in [1.54, 1.807) is 19.1 Å². The molecule has 4 aromatic rings. The van der Waals surface area contributed by atoms with E-state index in [4.69, 9.17) is 4.74 Å². The van der Waals surface area contributed by atoms with Gasteiger partial charge in [-0.25, -0.2) is 0 Å². The fourth-order valence-corrected chi connectivity index (χ4v) is 6.90. The second-order valence-corrected chi connectivity index (χ2v) is 11.2. The standard InChI is InChI=1S/C31H22N4O10/c1-30(25-13-17(32(37)38)3-7-21(25)22-8-4-18(33(39)40)14-26(22)30)11-12-31(29(36)45-2)27-15-19(34(41)42)5-9-23(27)24-10-6-20(35(43)44)16-28(24)31/h3-10,13-16H,11-12H2,1-2H3. The van der Waals surface area contributed by atoms with Gasteiger partial charge in [-0.15, -0.1) is 0 Å². The largest absolute Gasteiger partial charge is 0.468 e. The van der Waals surface area contributed by atoms with E-state index in [9.17, 15) is 45.3 Å². The predicted molar refractivity (Wildman–Crippen MR) is 159 cm³/mol. The van der Waals surface area contributed by atoms with Crippen molar-refractivity contribution in [2.45, 2.75) is 30.6 Å². The van der Waals surface area contributed by atoms with Crippen LogP contribution in [0, 0.1) is 40.5 Å². The van der Waals surface area contributed by atoms with Crippen molar-refractivity contribution >= 4 is 28.7 Å². The van der Waals surface area contributed by atoms with Crippen molar-refractivity contribution in [3.8, 4) is 22.3 Å². The summed E-state index contributed by atoms with van der Waals surface area (Å²) in [6.45, 7) is 1.76. The number of nitro groups is 4. The van der Waals surface area contributed by atoms with Crippen LogP contribution in [-0.4, -0.2) is 32.8 Å². The molecule has 2 aliphatic carbocycles. The highest BCUT2D eigenvalue weighted by Gasteiger charge is 2.53. The maximum Gasteiger partial charge on any atom is 0.320 e. The van der Waals surface area contributed by atoms with Gasteiger partial charge in [-0.2, -0.15) is 0 Å². The van der Waals surface area contributed by atoms with E-state index >= 15 is 0 Å². The summed E-state index contributed by atoms with van der Waals surface area (Å²) in [5.74, 6) is -0.816. The molecule has 0 N–H and O–H groups in total. The number of benzene rings is 4. The van der Waals surface area contributed by atoms with Gasteiger partial charge in [-0.3, -0.25) is 45.3 Å². The molecule has 0 aliphatic heterocycles. The zero-order valence-electron chi connectivity index (χ0n) is 23.7. The lowest BCUT2D eigenvalue weighted by Crippen LogP contribution is -2.38. The molecule has 226 valence electrons. The Balaban J connectivity index is 1.60. The zero-order chi connectivity index (χ0) is 32.4. The minimum atomic E-state index is -1.76. The lowest BCUT2D eigenvalue weighted by atomic mass is 9.68. The number of fused-ring (bicyclic) bond motifs is 6. The molecule has 0 unspecified atom stereocenters. The monoisotopic (exact) mass is 610 g/mol. The van der Waals surface area contributed by atoms with Crippen LogP contribution >= 0.6 is 0 Å². The SMILES string of the molecule is COC(=O)C1(CCC2(C)c3cc([N+](=O)[O-])ccc3-c3ccc([N+](=O)[O-])cc32)c2cc([N+](=O)[O-])ccc2-c2ccc([N+](=O)[O-])cc21. The predicted octanol–water partition coefficient (Wildman–Crippen LogP) is 6.53. The molecule has 0 amide bonds. The summed E-state index contributed by atoms with van der Waals surface area (Å²) in [5, 5.41) is 47.2. The van der Waals surface area contributed by atoms with Crippen molar-refractivity contribution in [2.75, 3.05) is 7.11 Å². The normalized spacial score (nSPS) is 14.4. The van der Waals surface area contributed by atoms with Gasteiger partial charge in [0.15, 0.2) is 0 Å². The molecule has 45 heavy (non-hydrogen) atoms. The van der Waals surface area contributed by atoms with Crippen molar-refractivity contribution in [3.63, 3.8) is 0 Å². The van der Waals surface area contributed by atoms with Crippen LogP contribution in [0.25, 0.3) is 22.3 Å². The van der Waals surface area contributed by atoms with Crippen LogP contribution in [0.5, 0.6) is 0 Å². The first-order valence-corrected chi connectivity index (χ1v) is 13.6. The van der Waals surface area contributed by atoms with Gasteiger partial charge in [0.2, 0.25) is 0 Å². The number of carbonyl (C=O) groups excluding carboxylic acids is 1. The molecule has 4 aromatic carbocycles. The van der Waals surface area contributed by atoms with E-state index in [2.05, 4.69) is 0 Å². The zero-order valence-corrected chi connectivity index (χ0v) is 23.7. The molecule has 0 saturated heterocycles. The summed E-state index contributed by atoms with van der Waals surface area (Å²) in [6.07, 6.45) is -0.0858. The number of nitro benzene ring substituents is 4. The highest BCUT2D eigenvalue weighted by Crippen LogP contribution is 2.58. The van der Waals surface area contributed by atoms with Gasteiger partial charge in [0.1, 0.15) is 5.41 Å². The van der Waals surface area contributed by atoms with E-state index in [0.29, 0.717) is 33.4 Å². The van der Waals surface area contributed by atoms with Crippen molar-refractivity contribution in [1.82, 2.24) is 0 Å². The van der Waals surface area contributed by atoms with Crippen LogP contribution in [0.3, 0.4) is 0 Å². The summed E-state index contributed by atoms with van der Waals surface area (Å²) >= 11 is 0. The lowest BCUT2D eigenvalue weighted by Gasteiger charge is -2.34. The topological polar surface area (TPSA) is 199 Å². The van der Waals surface area contributed by atoms with E-state index in [1.165, 1.54) is 60.7 Å². The molecule has 14 nitrogen and oxygen atoms in total. The van der Waals surface area contributed by atoms with Gasteiger partial charge in [0, 0.05) is 53.9 Å². The van der Waals surface area contributed by atoms with Crippen molar-refractivity contribution in [1.29, 1.82) is 0 Å². The molecular formula is C31H22N4O10. The summed E-state index contributed by atoms with van der Waals surface area (Å²) in [7, 11) is 1.14. The molecule has 6 rings (SSSR count). The van der Waals surface area contributed by atoms with Crippen molar-refractivity contribution in [3.05, 3.63) is 136 Å². The number of hydrogen-bond acceptors (Lipinski definition) is 10. The fourth-order valence-electron chi connectivity index (χ4n) is 6.90. The smallest absolute Gasteiger partial charge is 0.320 e. The number of methoxy groups -OCH3 is 1. The Hall–Kier alpha value is -6.05. The van der Waals surface area contributed by atoms with Crippen LogP contribution in [0.2, 0.25) is 0 Å². The number of carbonyl (C=O) groups is 1. The van der Waals surface area contributed by atoms with Crippen LogP contribution < -0.4 is 0 Å². The Kier molecular flexibility index (Phi) is 6.46. The number of ether oxygens (including phenoxy) is 1. The summed E-state index contributed by atoms with van der Waals surface area (Å²) in [5.41, 5.74) is -0.293. The molecule has 0 aromatic heterocycles. The Morgan fingerprint density at radius 1 is 0.578 bits per heavy atom. The quantitative estimate of drug-likeness (QED) is 0.120. The first kappa shape index (κ1) is 29.0. The minimum absolute atomic E-state index is 0.0364. The summed E-state index contributed by atoms with van der Waals surface area (Å²) < 4.78 is 5.28. The van der Waals surface area contributed by atoms with Gasteiger partial charge in [0.05, 0.1) is 26.8 Å². The number of nitrogens with zero attached hydrogens (tertiary/aromatic N) is 4. The molecule has 2 aliphatic rings. The Morgan fingerprint density at radius 2 is 0.889 bits per heavy atom. The maximum atomic E-state index is 14.0. The molecular weight excluding hydrogens is 588 g/mol. The highest BCUT2D eigenvalue weighted by atomic mass is 16.6. The van der Waals surface area contributed by atoms with Gasteiger partial charge < -0.3 is 4.74 Å². The lowest BCUT2D eigenvalue weighted by molar-refractivity contribution is -0.385. The average Bonchev–Trinajstić information content (AvgIpc) is 3.45. The molecule has 0 saturated carbocycles. The van der Waals surface area contributed by atoms with Gasteiger partial charge >= 0.3 is 5.97 Å². The Morgan fingerprint density at radius 3 is 1.20 bits per heavy atom. The van der Waals surface area contributed by atoms with E-state index in [-0.39, 0.29) is 46.7 Å². The second-order valence-electron chi connectivity index (χ2n) is 11.2. The third-order valence-electron chi connectivity index (χ3n) is 9.08. The van der Waals surface area contributed by atoms with Crippen molar-refractivity contribution < 1.29 is 29.2 Å². The van der Waals surface area contributed by atoms with Crippen LogP contribution in [0.4, 0.5) is 22.7 Å². The molecule has 0 spiro atoms. The van der Waals surface area contributed by atoms with Crippen LogP contribution in [-0.2, 0) is 20.4 Å². The van der Waals surface area contributed by atoms with Crippen LogP contribution in [0.15, 0.2) is 72.8 Å². The minimum Gasteiger partial charge on any atom is -0.468 e. The molecule has 14 heteroatoms. The molecule has 0 bridgehead atoms. The fraction of sp³-hybridized carbons (Fsp3) is 0.194. The third-order valence-corrected chi connectivity index (χ3v) is 9.08. The first-order valence-electron chi connectivity index (χ1n) is 13.6. The van der Waals surface area contributed by atoms with Crippen molar-refractivity contribution in [2.24, 2.45) is 0 Å². The van der Waals surface area contributed by atoms with Crippen LogP contribution in [0.1, 0.15) is 42.0 Å². The van der Waals surface area contributed by atoms with Gasteiger partial charge in [-0.1, -0.05) is 6.92 Å². The number of hydrogen-bond donors (Lipinski definition) is 0. The molecule has 0 atom stereocenters. The average molecular weight is 611 g/mol. The third kappa shape index (κ3) is 4.13. The Labute approximate surface area is 253 Å².